The zero-order valence-corrected chi connectivity index (χ0v) is 11.7. The summed E-state index contributed by atoms with van der Waals surface area (Å²) < 4.78 is 5.11. The molecule has 0 saturated carbocycles. The summed E-state index contributed by atoms with van der Waals surface area (Å²) in [6.07, 6.45) is 0.201. The monoisotopic (exact) mass is 296 g/mol. The smallest absolute Gasteiger partial charge is 0.320 e. The van der Waals surface area contributed by atoms with Crippen molar-refractivity contribution in [3.8, 4) is 5.75 Å². The zero-order chi connectivity index (χ0) is 16.0. The molecule has 0 aromatic heterocycles. The number of ether oxygens (including phenoxy) is 1. The Bertz CT molecular complexity index is 484. The molecule has 0 aliphatic heterocycles. The summed E-state index contributed by atoms with van der Waals surface area (Å²) >= 11 is 0. The fraction of sp³-hybridized carbons (Fsp3) is 0.429. The Morgan fingerprint density at radius 1 is 1.14 bits per heavy atom. The van der Waals surface area contributed by atoms with Gasteiger partial charge in [-0.1, -0.05) is 12.1 Å². The van der Waals surface area contributed by atoms with E-state index in [-0.39, 0.29) is 18.8 Å². The average Bonchev–Trinajstić information content (AvgIpc) is 2.46. The van der Waals surface area contributed by atoms with Crippen LogP contribution in [-0.2, 0) is 9.59 Å². The molecule has 7 nitrogen and oxygen atoms in total. The van der Waals surface area contributed by atoms with Crippen LogP contribution in [0.15, 0.2) is 24.3 Å². The molecule has 21 heavy (non-hydrogen) atoms. The minimum atomic E-state index is -1.13. The highest BCUT2D eigenvalue weighted by atomic mass is 16.5. The number of methoxy groups -OCH3 is 1. The Kier molecular flexibility index (Phi) is 6.13. The normalized spacial score (nSPS) is 15.0. The lowest BCUT2D eigenvalue weighted by atomic mass is 9.87. The largest absolute Gasteiger partial charge is 0.497 e. The summed E-state index contributed by atoms with van der Waals surface area (Å²) in [6.45, 7) is 0. The van der Waals surface area contributed by atoms with Gasteiger partial charge in [0.25, 0.3) is 0 Å². The molecule has 0 radical (unpaired) electrons. The number of carbonyl (C=O) groups is 2. The third-order valence-electron chi connectivity index (χ3n) is 3.28. The summed E-state index contributed by atoms with van der Waals surface area (Å²) in [5.41, 5.74) is 11.9. The van der Waals surface area contributed by atoms with Crippen LogP contribution >= 0.6 is 0 Å². The lowest BCUT2D eigenvalue weighted by Gasteiger charge is -2.21. The van der Waals surface area contributed by atoms with Crippen LogP contribution in [0.3, 0.4) is 0 Å². The topological polar surface area (TPSA) is 136 Å². The first-order valence-corrected chi connectivity index (χ1v) is 6.45. The highest BCUT2D eigenvalue weighted by molar-refractivity contribution is 5.74. The summed E-state index contributed by atoms with van der Waals surface area (Å²) in [5, 5.41) is 17.8. The van der Waals surface area contributed by atoms with Gasteiger partial charge in [-0.05, 0) is 36.5 Å². The second-order valence-corrected chi connectivity index (χ2v) is 4.83. The number of aliphatic carboxylic acids is 2. The van der Waals surface area contributed by atoms with E-state index in [9.17, 15) is 9.59 Å². The first-order valence-electron chi connectivity index (χ1n) is 6.45. The molecule has 0 fully saturated rings. The van der Waals surface area contributed by atoms with Gasteiger partial charge in [-0.15, -0.1) is 0 Å². The molecule has 0 aliphatic carbocycles. The van der Waals surface area contributed by atoms with Crippen LogP contribution in [0.1, 0.15) is 24.3 Å². The second kappa shape index (κ2) is 7.61. The predicted molar refractivity (Wildman–Crippen MR) is 76.2 cm³/mol. The van der Waals surface area contributed by atoms with Crippen molar-refractivity contribution >= 4 is 11.9 Å². The minimum absolute atomic E-state index is 0.101. The fourth-order valence-electron chi connectivity index (χ4n) is 2.08. The van der Waals surface area contributed by atoms with E-state index in [2.05, 4.69) is 0 Å². The highest BCUT2D eigenvalue weighted by Gasteiger charge is 2.25. The van der Waals surface area contributed by atoms with Crippen molar-refractivity contribution < 1.29 is 24.5 Å². The molecule has 2 atom stereocenters. The summed E-state index contributed by atoms with van der Waals surface area (Å²) in [5.74, 6) is -2.04. The summed E-state index contributed by atoms with van der Waals surface area (Å²) in [7, 11) is 1.51. The molecule has 0 spiro atoms. The summed E-state index contributed by atoms with van der Waals surface area (Å²) in [4.78, 5) is 21.8. The van der Waals surface area contributed by atoms with Crippen LogP contribution in [-0.4, -0.2) is 41.3 Å². The maximum absolute atomic E-state index is 10.9. The van der Waals surface area contributed by atoms with Crippen LogP contribution in [0.2, 0.25) is 0 Å². The second-order valence-electron chi connectivity index (χ2n) is 4.83. The number of carboxylic acids is 2. The van der Waals surface area contributed by atoms with Crippen molar-refractivity contribution in [1.82, 2.24) is 0 Å². The molecule has 0 heterocycles. The Hall–Kier alpha value is -2.12. The Labute approximate surface area is 122 Å². The Morgan fingerprint density at radius 3 is 2.10 bits per heavy atom. The molecule has 0 aliphatic rings. The van der Waals surface area contributed by atoms with E-state index in [1.165, 1.54) is 7.11 Å². The van der Waals surface area contributed by atoms with Crippen LogP contribution in [0, 0.1) is 0 Å². The van der Waals surface area contributed by atoms with E-state index < -0.39 is 24.0 Å². The molecular formula is C14H20N2O5. The van der Waals surface area contributed by atoms with Crippen LogP contribution < -0.4 is 16.2 Å². The third kappa shape index (κ3) is 5.05. The van der Waals surface area contributed by atoms with Crippen LogP contribution in [0.4, 0.5) is 0 Å². The van der Waals surface area contributed by atoms with Crippen molar-refractivity contribution in [1.29, 1.82) is 0 Å². The molecule has 116 valence electrons. The zero-order valence-electron chi connectivity index (χ0n) is 11.7. The maximum atomic E-state index is 10.9. The lowest BCUT2D eigenvalue weighted by molar-refractivity contribution is -0.139. The van der Waals surface area contributed by atoms with Crippen molar-refractivity contribution in [3.63, 3.8) is 0 Å². The SMILES string of the molecule is COc1cccc(C(CC(N)C(=O)O)CC(N)C(=O)O)c1. The predicted octanol–water partition coefficient (Wildman–Crippen LogP) is 0.383. The van der Waals surface area contributed by atoms with Gasteiger partial charge in [-0.2, -0.15) is 0 Å². The van der Waals surface area contributed by atoms with Gasteiger partial charge >= 0.3 is 11.9 Å². The summed E-state index contributed by atoms with van der Waals surface area (Å²) in [6, 6.07) is 4.84. The standard InChI is InChI=1S/C14H20N2O5/c1-21-10-4-2-3-8(5-10)9(6-11(15)13(17)18)7-12(16)14(19)20/h2-5,9,11-12H,6-7,15-16H2,1H3,(H,17,18)(H,19,20). The van der Waals surface area contributed by atoms with Crippen molar-refractivity contribution in [2.24, 2.45) is 11.5 Å². The molecule has 0 saturated heterocycles. The number of carboxylic acid groups (broad SMARTS) is 2. The molecule has 2 unspecified atom stereocenters. The van der Waals surface area contributed by atoms with Crippen LogP contribution in [0.5, 0.6) is 5.75 Å². The van der Waals surface area contributed by atoms with Crippen molar-refractivity contribution in [3.05, 3.63) is 29.8 Å². The average molecular weight is 296 g/mol. The number of hydrogen-bond acceptors (Lipinski definition) is 5. The molecule has 1 aromatic carbocycles. The van der Waals surface area contributed by atoms with E-state index in [1.54, 1.807) is 24.3 Å². The van der Waals surface area contributed by atoms with Gasteiger partial charge in [0.1, 0.15) is 17.8 Å². The number of hydrogen-bond donors (Lipinski definition) is 4. The molecule has 0 bridgehead atoms. The van der Waals surface area contributed by atoms with Gasteiger partial charge in [-0.3, -0.25) is 9.59 Å². The van der Waals surface area contributed by atoms with Gasteiger partial charge in [0.15, 0.2) is 0 Å². The van der Waals surface area contributed by atoms with Crippen molar-refractivity contribution in [2.75, 3.05) is 7.11 Å². The van der Waals surface area contributed by atoms with Crippen molar-refractivity contribution in [2.45, 2.75) is 30.8 Å². The van der Waals surface area contributed by atoms with Crippen LogP contribution in [0.25, 0.3) is 0 Å². The molecule has 1 rings (SSSR count). The van der Waals surface area contributed by atoms with E-state index in [0.717, 1.165) is 5.56 Å². The number of nitrogens with two attached hydrogens (primary N) is 2. The van der Waals surface area contributed by atoms with E-state index in [0.29, 0.717) is 5.75 Å². The van der Waals surface area contributed by atoms with Gasteiger partial charge in [0.2, 0.25) is 0 Å². The van der Waals surface area contributed by atoms with E-state index >= 15 is 0 Å². The number of rotatable bonds is 8. The molecule has 7 heteroatoms. The fourth-order valence-corrected chi connectivity index (χ4v) is 2.08. The molecule has 0 amide bonds. The maximum Gasteiger partial charge on any atom is 0.320 e. The quantitative estimate of drug-likeness (QED) is 0.544. The van der Waals surface area contributed by atoms with E-state index in [4.69, 9.17) is 26.4 Å². The minimum Gasteiger partial charge on any atom is -0.497 e. The lowest BCUT2D eigenvalue weighted by Crippen LogP contribution is -2.36. The Morgan fingerprint density at radius 2 is 1.67 bits per heavy atom. The first-order chi connectivity index (χ1) is 9.85. The molecular weight excluding hydrogens is 276 g/mol. The number of benzene rings is 1. The van der Waals surface area contributed by atoms with E-state index in [1.807, 2.05) is 0 Å². The highest BCUT2D eigenvalue weighted by Crippen LogP contribution is 2.28. The van der Waals surface area contributed by atoms with Gasteiger partial charge in [-0.25, -0.2) is 0 Å². The first kappa shape index (κ1) is 16.9. The third-order valence-corrected chi connectivity index (χ3v) is 3.28. The van der Waals surface area contributed by atoms with Gasteiger partial charge in [0, 0.05) is 0 Å². The van der Waals surface area contributed by atoms with Gasteiger partial charge < -0.3 is 26.4 Å². The van der Waals surface area contributed by atoms with Gasteiger partial charge in [0.05, 0.1) is 7.11 Å². The molecule has 1 aromatic rings. The molecule has 6 N–H and O–H groups in total. The Balaban J connectivity index is 2.98.